The molecule has 0 aliphatic heterocycles. The van der Waals surface area contributed by atoms with Gasteiger partial charge in [0, 0.05) is 24.4 Å². The molecule has 3 N–H and O–H groups in total. The van der Waals surface area contributed by atoms with E-state index in [0.29, 0.717) is 17.7 Å². The van der Waals surface area contributed by atoms with Crippen molar-refractivity contribution in [2.75, 3.05) is 11.6 Å². The molecule has 1 aromatic rings. The lowest BCUT2D eigenvalue weighted by atomic mass is 10.00. The molecule has 1 saturated carbocycles. The summed E-state index contributed by atoms with van der Waals surface area (Å²) < 4.78 is 22.4. The molecule has 0 saturated heterocycles. The molecular weight excluding hydrogens is 324 g/mol. The molecule has 1 aliphatic rings. The third kappa shape index (κ3) is 5.94. The summed E-state index contributed by atoms with van der Waals surface area (Å²) in [4.78, 5) is 12.0. The van der Waals surface area contributed by atoms with Gasteiger partial charge in [-0.05, 0) is 36.5 Å². The molecule has 1 aliphatic carbocycles. The molecule has 0 bridgehead atoms. The minimum absolute atomic E-state index is 0. The van der Waals surface area contributed by atoms with E-state index in [9.17, 15) is 13.2 Å². The molecule has 2 atom stereocenters. The monoisotopic (exact) mass is 346 g/mol. The van der Waals surface area contributed by atoms with Crippen LogP contribution in [0, 0.1) is 5.92 Å². The first-order chi connectivity index (χ1) is 9.83. The number of nitrogens with one attached hydrogen (secondary N) is 1. The summed E-state index contributed by atoms with van der Waals surface area (Å²) in [6, 6.07) is 7.03. The minimum atomic E-state index is -3.04. The fourth-order valence-electron chi connectivity index (χ4n) is 2.76. The molecule has 1 amide bonds. The summed E-state index contributed by atoms with van der Waals surface area (Å²) in [5, 5.41) is 2.84. The van der Waals surface area contributed by atoms with Gasteiger partial charge in [-0.25, -0.2) is 8.42 Å². The SMILES string of the molecule is CS(=O)(=O)Cc1ccc(NC(=O)C[C@@H]2CCC[C@H]2N)cc1.Cl. The second-order valence-electron chi connectivity index (χ2n) is 5.87. The van der Waals surface area contributed by atoms with Crippen molar-refractivity contribution < 1.29 is 13.2 Å². The molecule has 1 aromatic carbocycles. The molecule has 5 nitrogen and oxygen atoms in total. The number of benzene rings is 1. The summed E-state index contributed by atoms with van der Waals surface area (Å²) >= 11 is 0. The number of rotatable bonds is 5. The van der Waals surface area contributed by atoms with Crippen LogP contribution in [0.25, 0.3) is 0 Å². The van der Waals surface area contributed by atoms with Gasteiger partial charge >= 0.3 is 0 Å². The van der Waals surface area contributed by atoms with Gasteiger partial charge in [0.15, 0.2) is 9.84 Å². The van der Waals surface area contributed by atoms with E-state index in [2.05, 4.69) is 5.32 Å². The highest BCUT2D eigenvalue weighted by Crippen LogP contribution is 2.27. The fourth-order valence-corrected chi connectivity index (χ4v) is 3.55. The Hall–Kier alpha value is -1.11. The van der Waals surface area contributed by atoms with E-state index in [1.54, 1.807) is 24.3 Å². The van der Waals surface area contributed by atoms with Crippen molar-refractivity contribution in [3.63, 3.8) is 0 Å². The van der Waals surface area contributed by atoms with Crippen molar-refractivity contribution in [1.82, 2.24) is 0 Å². The number of carbonyl (C=O) groups excluding carboxylic acids is 1. The number of nitrogens with two attached hydrogens (primary N) is 1. The van der Waals surface area contributed by atoms with Crippen LogP contribution in [0.5, 0.6) is 0 Å². The molecular formula is C15H23ClN2O3S. The number of amides is 1. The number of carbonyl (C=O) groups is 1. The summed E-state index contributed by atoms with van der Waals surface area (Å²) in [5.41, 5.74) is 7.36. The zero-order valence-corrected chi connectivity index (χ0v) is 14.3. The van der Waals surface area contributed by atoms with E-state index in [0.717, 1.165) is 19.3 Å². The van der Waals surface area contributed by atoms with Gasteiger partial charge in [0.1, 0.15) is 0 Å². The molecule has 0 unspecified atom stereocenters. The summed E-state index contributed by atoms with van der Waals surface area (Å²) in [6.45, 7) is 0. The quantitative estimate of drug-likeness (QED) is 0.854. The molecule has 0 radical (unpaired) electrons. The lowest BCUT2D eigenvalue weighted by molar-refractivity contribution is -0.117. The number of hydrogen-bond donors (Lipinski definition) is 2. The van der Waals surface area contributed by atoms with Crippen LogP contribution in [-0.2, 0) is 20.4 Å². The topological polar surface area (TPSA) is 89.3 Å². The maximum absolute atomic E-state index is 12.0. The normalized spacial score (nSPS) is 21.2. The molecule has 22 heavy (non-hydrogen) atoms. The Morgan fingerprint density at radius 2 is 1.91 bits per heavy atom. The molecule has 0 spiro atoms. The number of halogens is 1. The van der Waals surface area contributed by atoms with E-state index in [1.807, 2.05) is 0 Å². The Labute approximate surface area is 138 Å². The average molecular weight is 347 g/mol. The van der Waals surface area contributed by atoms with Crippen molar-refractivity contribution >= 4 is 33.8 Å². The van der Waals surface area contributed by atoms with Crippen molar-refractivity contribution in [2.24, 2.45) is 11.7 Å². The zero-order chi connectivity index (χ0) is 15.5. The zero-order valence-electron chi connectivity index (χ0n) is 12.6. The Morgan fingerprint density at radius 3 is 2.41 bits per heavy atom. The predicted molar refractivity (Wildman–Crippen MR) is 90.8 cm³/mol. The first-order valence-electron chi connectivity index (χ1n) is 7.15. The van der Waals surface area contributed by atoms with E-state index in [4.69, 9.17) is 5.73 Å². The van der Waals surface area contributed by atoms with E-state index < -0.39 is 9.84 Å². The minimum Gasteiger partial charge on any atom is -0.327 e. The lowest BCUT2D eigenvalue weighted by Crippen LogP contribution is -2.28. The summed E-state index contributed by atoms with van der Waals surface area (Å²) in [6.07, 6.45) is 4.76. The molecule has 0 heterocycles. The molecule has 7 heteroatoms. The van der Waals surface area contributed by atoms with Crippen LogP contribution >= 0.6 is 12.4 Å². The van der Waals surface area contributed by atoms with Crippen LogP contribution in [-0.4, -0.2) is 26.6 Å². The van der Waals surface area contributed by atoms with Crippen LogP contribution in [0.2, 0.25) is 0 Å². The predicted octanol–water partition coefficient (Wildman–Crippen LogP) is 2.11. The molecule has 124 valence electrons. The number of anilines is 1. The van der Waals surface area contributed by atoms with Gasteiger partial charge < -0.3 is 11.1 Å². The maximum atomic E-state index is 12.0. The van der Waals surface area contributed by atoms with Crippen LogP contribution in [0.15, 0.2) is 24.3 Å². The van der Waals surface area contributed by atoms with Gasteiger partial charge in [-0.15, -0.1) is 12.4 Å². The van der Waals surface area contributed by atoms with Gasteiger partial charge in [0.2, 0.25) is 5.91 Å². The van der Waals surface area contributed by atoms with Crippen molar-refractivity contribution in [2.45, 2.75) is 37.5 Å². The van der Waals surface area contributed by atoms with Crippen LogP contribution in [0.1, 0.15) is 31.2 Å². The highest BCUT2D eigenvalue weighted by molar-refractivity contribution is 7.89. The van der Waals surface area contributed by atoms with Crippen LogP contribution in [0.4, 0.5) is 5.69 Å². The lowest BCUT2D eigenvalue weighted by Gasteiger charge is -2.14. The first kappa shape index (κ1) is 18.9. The maximum Gasteiger partial charge on any atom is 0.224 e. The highest BCUT2D eigenvalue weighted by atomic mass is 35.5. The molecule has 1 fully saturated rings. The second kappa shape index (κ2) is 7.94. The van der Waals surface area contributed by atoms with Crippen molar-refractivity contribution in [1.29, 1.82) is 0 Å². The second-order valence-corrected chi connectivity index (χ2v) is 8.01. The van der Waals surface area contributed by atoms with Gasteiger partial charge in [0.25, 0.3) is 0 Å². The van der Waals surface area contributed by atoms with Crippen LogP contribution < -0.4 is 11.1 Å². The standard InChI is InChI=1S/C15H22N2O3S.ClH/c1-21(19,20)10-11-5-7-13(8-6-11)17-15(18)9-12-3-2-4-14(12)16;/h5-8,12,14H,2-4,9-10,16H2,1H3,(H,17,18);1H/t12-,14+;/m0./s1. The Kier molecular flexibility index (Phi) is 6.84. The van der Waals surface area contributed by atoms with Crippen molar-refractivity contribution in [3.8, 4) is 0 Å². The largest absolute Gasteiger partial charge is 0.327 e. The highest BCUT2D eigenvalue weighted by Gasteiger charge is 2.25. The Morgan fingerprint density at radius 1 is 1.27 bits per heavy atom. The number of sulfone groups is 1. The fraction of sp³-hybridized carbons (Fsp3) is 0.533. The smallest absolute Gasteiger partial charge is 0.224 e. The van der Waals surface area contributed by atoms with E-state index in [1.165, 1.54) is 6.26 Å². The van der Waals surface area contributed by atoms with E-state index >= 15 is 0 Å². The number of hydrogen-bond acceptors (Lipinski definition) is 4. The third-order valence-corrected chi connectivity index (χ3v) is 4.69. The van der Waals surface area contributed by atoms with Gasteiger partial charge in [-0.1, -0.05) is 18.6 Å². The van der Waals surface area contributed by atoms with E-state index in [-0.39, 0.29) is 36.0 Å². The Bertz CT molecular complexity index is 602. The van der Waals surface area contributed by atoms with Crippen LogP contribution in [0.3, 0.4) is 0 Å². The van der Waals surface area contributed by atoms with Crippen molar-refractivity contribution in [3.05, 3.63) is 29.8 Å². The van der Waals surface area contributed by atoms with Gasteiger partial charge in [-0.2, -0.15) is 0 Å². The Balaban J connectivity index is 0.00000242. The van der Waals surface area contributed by atoms with Gasteiger partial charge in [0.05, 0.1) is 5.75 Å². The molecule has 2 rings (SSSR count). The first-order valence-corrected chi connectivity index (χ1v) is 9.21. The average Bonchev–Trinajstić information content (AvgIpc) is 2.76. The summed E-state index contributed by atoms with van der Waals surface area (Å²) in [7, 11) is -3.04. The summed E-state index contributed by atoms with van der Waals surface area (Å²) in [5.74, 6) is 0.251. The molecule has 0 aromatic heterocycles. The third-order valence-electron chi connectivity index (χ3n) is 3.83. The van der Waals surface area contributed by atoms with Gasteiger partial charge in [-0.3, -0.25) is 4.79 Å².